The normalized spacial score (nSPS) is 17.6. The third kappa shape index (κ3) is 4.30. The van der Waals surface area contributed by atoms with Crippen molar-refractivity contribution in [1.82, 2.24) is 4.90 Å². The van der Waals surface area contributed by atoms with Crippen LogP contribution in [0.5, 0.6) is 5.75 Å². The summed E-state index contributed by atoms with van der Waals surface area (Å²) in [7, 11) is 0. The Balaban J connectivity index is 1.60. The second kappa shape index (κ2) is 8.46. The molecule has 1 saturated heterocycles. The van der Waals surface area contributed by atoms with Gasteiger partial charge in [-0.1, -0.05) is 30.3 Å². The molecule has 0 unspecified atom stereocenters. The lowest BCUT2D eigenvalue weighted by molar-refractivity contribution is -0.384. The lowest BCUT2D eigenvalue weighted by atomic mass is 10.0. The van der Waals surface area contributed by atoms with Gasteiger partial charge in [0.2, 0.25) is 0 Å². The van der Waals surface area contributed by atoms with Crippen LogP contribution in [0, 0.1) is 10.1 Å². The van der Waals surface area contributed by atoms with E-state index in [0.29, 0.717) is 36.9 Å². The van der Waals surface area contributed by atoms with E-state index in [4.69, 9.17) is 9.47 Å². The van der Waals surface area contributed by atoms with E-state index in [0.717, 1.165) is 18.7 Å². The molecule has 4 rings (SSSR count). The number of morpholine rings is 1. The molecule has 2 aromatic rings. The maximum Gasteiger partial charge on any atom is 0.296 e. The predicted molar refractivity (Wildman–Crippen MR) is 107 cm³/mol. The average Bonchev–Trinajstić information content (AvgIpc) is 2.74. The highest BCUT2D eigenvalue weighted by Gasteiger charge is 2.26. The predicted octanol–water partition coefficient (Wildman–Crippen LogP) is 2.41. The zero-order chi connectivity index (χ0) is 20.2. The molecule has 2 aliphatic rings. The summed E-state index contributed by atoms with van der Waals surface area (Å²) in [5.74, 6) is 0.0161. The van der Waals surface area contributed by atoms with Crippen molar-refractivity contribution in [3.63, 3.8) is 0 Å². The number of anilines is 2. The number of fused-ring (bicyclic) bond motifs is 1. The maximum absolute atomic E-state index is 11.6. The molecule has 0 radical (unpaired) electrons. The molecular weight excluding hydrogens is 376 g/mol. The number of benzene rings is 2. The Morgan fingerprint density at radius 3 is 2.69 bits per heavy atom. The Morgan fingerprint density at radius 1 is 1.21 bits per heavy atom. The van der Waals surface area contributed by atoms with E-state index in [1.807, 2.05) is 18.2 Å². The van der Waals surface area contributed by atoms with Crippen LogP contribution < -0.4 is 15.4 Å². The topological polar surface area (TPSA) is 106 Å². The highest BCUT2D eigenvalue weighted by atomic mass is 16.6. The molecule has 0 aromatic heterocycles. The van der Waals surface area contributed by atoms with Crippen molar-refractivity contribution < 1.29 is 19.2 Å². The van der Waals surface area contributed by atoms with Gasteiger partial charge < -0.3 is 20.1 Å². The molecule has 0 bridgehead atoms. The fourth-order valence-electron chi connectivity index (χ4n) is 3.64. The van der Waals surface area contributed by atoms with Gasteiger partial charge in [0, 0.05) is 19.6 Å². The number of nitro groups is 1. The number of carbonyl (C=O) groups is 1. The van der Waals surface area contributed by atoms with Gasteiger partial charge in [0.1, 0.15) is 5.69 Å². The number of nitrogens with zero attached hydrogens (tertiary/aromatic N) is 2. The number of nitrogens with one attached hydrogen (secondary N) is 2. The summed E-state index contributed by atoms with van der Waals surface area (Å²) in [6, 6.07) is 13.0. The van der Waals surface area contributed by atoms with Gasteiger partial charge in [0.25, 0.3) is 11.6 Å². The summed E-state index contributed by atoms with van der Waals surface area (Å²) in [4.78, 5) is 25.0. The van der Waals surface area contributed by atoms with E-state index in [2.05, 4.69) is 27.7 Å². The molecule has 152 valence electrons. The van der Waals surface area contributed by atoms with Gasteiger partial charge in [-0.2, -0.15) is 0 Å². The second-order valence-corrected chi connectivity index (χ2v) is 6.92. The molecule has 0 aliphatic carbocycles. The number of hydrogen-bond acceptors (Lipinski definition) is 7. The highest BCUT2D eigenvalue weighted by Crippen LogP contribution is 2.38. The number of hydrogen-bond donors (Lipinski definition) is 2. The minimum atomic E-state index is -0.450. The van der Waals surface area contributed by atoms with Crippen LogP contribution >= 0.6 is 0 Å². The molecule has 0 spiro atoms. The fraction of sp³-hybridized carbons (Fsp3) is 0.350. The molecule has 2 aromatic carbocycles. The van der Waals surface area contributed by atoms with Crippen LogP contribution in [-0.2, 0) is 9.53 Å². The van der Waals surface area contributed by atoms with E-state index < -0.39 is 4.92 Å². The third-order valence-electron chi connectivity index (χ3n) is 5.08. The fourth-order valence-corrected chi connectivity index (χ4v) is 3.64. The summed E-state index contributed by atoms with van der Waals surface area (Å²) >= 11 is 0. The van der Waals surface area contributed by atoms with Crippen molar-refractivity contribution >= 4 is 23.0 Å². The summed E-state index contributed by atoms with van der Waals surface area (Å²) in [5, 5.41) is 17.5. The van der Waals surface area contributed by atoms with Gasteiger partial charge in [-0.25, -0.2) is 0 Å². The van der Waals surface area contributed by atoms with Gasteiger partial charge in [0.15, 0.2) is 12.4 Å². The summed E-state index contributed by atoms with van der Waals surface area (Å²) in [5.41, 5.74) is 1.80. The molecule has 2 heterocycles. The van der Waals surface area contributed by atoms with Gasteiger partial charge in [-0.3, -0.25) is 19.8 Å². The first kappa shape index (κ1) is 19.2. The SMILES string of the molecule is O=C1COc2cc([N+](=O)[O-])c(NC[C@H](c3ccccc3)N3CCOCC3)cc2N1. The van der Waals surface area contributed by atoms with Crippen LogP contribution in [0.2, 0.25) is 0 Å². The number of amides is 1. The molecule has 2 N–H and O–H groups in total. The Morgan fingerprint density at radius 2 is 1.97 bits per heavy atom. The van der Waals surface area contributed by atoms with Gasteiger partial charge >= 0.3 is 0 Å². The second-order valence-electron chi connectivity index (χ2n) is 6.92. The monoisotopic (exact) mass is 398 g/mol. The zero-order valence-electron chi connectivity index (χ0n) is 15.8. The number of rotatable bonds is 6. The van der Waals surface area contributed by atoms with E-state index >= 15 is 0 Å². The molecule has 9 heteroatoms. The first-order valence-corrected chi connectivity index (χ1v) is 9.47. The lowest BCUT2D eigenvalue weighted by Gasteiger charge is -2.35. The van der Waals surface area contributed by atoms with Gasteiger partial charge in [0.05, 0.1) is 35.9 Å². The summed E-state index contributed by atoms with van der Waals surface area (Å²) < 4.78 is 10.8. The van der Waals surface area contributed by atoms with Crippen LogP contribution in [0.25, 0.3) is 0 Å². The lowest BCUT2D eigenvalue weighted by Crippen LogP contribution is -2.41. The van der Waals surface area contributed by atoms with Crippen molar-refractivity contribution in [3.05, 3.63) is 58.1 Å². The first-order chi connectivity index (χ1) is 14.1. The molecule has 1 fully saturated rings. The van der Waals surface area contributed by atoms with Crippen molar-refractivity contribution in [3.8, 4) is 5.75 Å². The third-order valence-corrected chi connectivity index (χ3v) is 5.08. The van der Waals surface area contributed by atoms with Gasteiger partial charge in [-0.15, -0.1) is 0 Å². The van der Waals surface area contributed by atoms with Crippen molar-refractivity contribution in [2.45, 2.75) is 6.04 Å². The minimum Gasteiger partial charge on any atom is -0.481 e. The van der Waals surface area contributed by atoms with Crippen LogP contribution in [0.3, 0.4) is 0 Å². The van der Waals surface area contributed by atoms with E-state index in [9.17, 15) is 14.9 Å². The Hall–Kier alpha value is -3.17. The Kier molecular flexibility index (Phi) is 5.59. The van der Waals surface area contributed by atoms with E-state index in [1.54, 1.807) is 6.07 Å². The van der Waals surface area contributed by atoms with E-state index in [1.165, 1.54) is 6.07 Å². The van der Waals surface area contributed by atoms with Crippen molar-refractivity contribution in [2.24, 2.45) is 0 Å². The van der Waals surface area contributed by atoms with Crippen LogP contribution in [0.1, 0.15) is 11.6 Å². The average molecular weight is 398 g/mol. The summed E-state index contributed by atoms with van der Waals surface area (Å²) in [6.45, 7) is 3.22. The van der Waals surface area contributed by atoms with Crippen LogP contribution in [0.15, 0.2) is 42.5 Å². The minimum absolute atomic E-state index is 0.0292. The molecule has 1 atom stereocenters. The maximum atomic E-state index is 11.6. The molecule has 0 saturated carbocycles. The number of ether oxygens (including phenoxy) is 2. The van der Waals surface area contributed by atoms with Crippen LogP contribution in [-0.4, -0.2) is 55.2 Å². The highest BCUT2D eigenvalue weighted by molar-refractivity contribution is 5.96. The van der Waals surface area contributed by atoms with Crippen molar-refractivity contribution in [2.75, 3.05) is 50.1 Å². The molecule has 29 heavy (non-hydrogen) atoms. The zero-order valence-corrected chi connectivity index (χ0v) is 15.8. The molecule has 1 amide bonds. The smallest absolute Gasteiger partial charge is 0.296 e. The van der Waals surface area contributed by atoms with Gasteiger partial charge in [-0.05, 0) is 11.6 Å². The van der Waals surface area contributed by atoms with Crippen molar-refractivity contribution in [1.29, 1.82) is 0 Å². The molecular formula is C20H22N4O5. The van der Waals surface area contributed by atoms with Crippen LogP contribution in [0.4, 0.5) is 17.1 Å². The number of nitro benzene ring substituents is 1. The quantitative estimate of drug-likeness (QED) is 0.568. The van der Waals surface area contributed by atoms with E-state index in [-0.39, 0.29) is 24.2 Å². The Bertz CT molecular complexity index is 899. The molecule has 9 nitrogen and oxygen atoms in total. The number of carbonyl (C=O) groups excluding carboxylic acids is 1. The summed E-state index contributed by atoms with van der Waals surface area (Å²) in [6.07, 6.45) is 0. The molecule has 2 aliphatic heterocycles. The first-order valence-electron chi connectivity index (χ1n) is 9.47. The largest absolute Gasteiger partial charge is 0.481 e. The standard InChI is InChI=1S/C20H22N4O5/c25-20-13-29-19-11-17(24(26)27)15(10-16(19)22-20)21-12-18(14-4-2-1-3-5-14)23-6-8-28-9-7-23/h1-5,10-11,18,21H,6-9,12-13H2,(H,22,25)/t18-/m1/s1. The Labute approximate surface area is 167 Å².